The van der Waals surface area contributed by atoms with Crippen LogP contribution < -0.4 is 5.11 Å². The molecule has 0 saturated carbocycles. The minimum Gasteiger partial charge on any atom is -0.545 e. The molecule has 2 unspecified atom stereocenters. The van der Waals surface area contributed by atoms with Gasteiger partial charge in [-0.05, 0) is 76.6 Å². The van der Waals surface area contributed by atoms with E-state index in [1.807, 2.05) is 0 Å². The standard InChI is InChI=1S/C14H12Br6O5/c15-3-5(16)1-2-6(21)4-25-14(24)8-7(13(22)23)9(17)11(19)12(20)10(8)18/h5-6,21H,1-4H2,(H,22,23)/p-1. The number of hydrogen-bond acceptors (Lipinski definition) is 5. The van der Waals surface area contributed by atoms with Crippen LogP contribution in [-0.4, -0.2) is 39.9 Å². The molecule has 140 valence electrons. The Labute approximate surface area is 195 Å². The Morgan fingerprint density at radius 2 is 1.52 bits per heavy atom. The highest BCUT2D eigenvalue weighted by atomic mass is 79.9. The number of carbonyl (C=O) groups is 2. The van der Waals surface area contributed by atoms with E-state index in [-0.39, 0.29) is 31.5 Å². The summed E-state index contributed by atoms with van der Waals surface area (Å²) in [5, 5.41) is 22.1. The number of carbonyl (C=O) groups excluding carboxylic acids is 2. The van der Waals surface area contributed by atoms with Gasteiger partial charge in [0.2, 0.25) is 0 Å². The molecule has 11 heteroatoms. The molecule has 0 amide bonds. The Morgan fingerprint density at radius 3 is 2.00 bits per heavy atom. The maximum Gasteiger partial charge on any atom is 0.340 e. The van der Waals surface area contributed by atoms with Gasteiger partial charge in [0.25, 0.3) is 0 Å². The Morgan fingerprint density at radius 1 is 1.00 bits per heavy atom. The second-order valence-corrected chi connectivity index (χ2v) is 9.99. The van der Waals surface area contributed by atoms with E-state index in [2.05, 4.69) is 95.6 Å². The third kappa shape index (κ3) is 6.53. The molecule has 5 nitrogen and oxygen atoms in total. The van der Waals surface area contributed by atoms with Crippen molar-refractivity contribution in [1.29, 1.82) is 0 Å². The van der Waals surface area contributed by atoms with Crippen LogP contribution in [0.1, 0.15) is 33.6 Å². The van der Waals surface area contributed by atoms with Crippen LogP contribution in [0.25, 0.3) is 0 Å². The van der Waals surface area contributed by atoms with Gasteiger partial charge >= 0.3 is 5.97 Å². The lowest BCUT2D eigenvalue weighted by molar-refractivity contribution is -0.255. The first-order valence-corrected chi connectivity index (χ1v) is 11.9. The Balaban J connectivity index is 2.97. The zero-order chi connectivity index (χ0) is 19.3. The van der Waals surface area contributed by atoms with Crippen molar-refractivity contribution >= 4 is 108 Å². The zero-order valence-corrected chi connectivity index (χ0v) is 21.8. The number of carboxylic acid groups (broad SMARTS) is 1. The molecule has 0 aliphatic carbocycles. The van der Waals surface area contributed by atoms with Gasteiger partial charge in [-0.2, -0.15) is 0 Å². The molecule has 1 aromatic rings. The van der Waals surface area contributed by atoms with Gasteiger partial charge in [0.15, 0.2) is 0 Å². The first-order chi connectivity index (χ1) is 11.6. The van der Waals surface area contributed by atoms with Gasteiger partial charge in [0.05, 0.1) is 17.6 Å². The van der Waals surface area contributed by atoms with E-state index in [1.54, 1.807) is 0 Å². The summed E-state index contributed by atoms with van der Waals surface area (Å²) in [6.07, 6.45) is 0.264. The van der Waals surface area contributed by atoms with Crippen molar-refractivity contribution in [3.8, 4) is 0 Å². The van der Waals surface area contributed by atoms with E-state index >= 15 is 0 Å². The average molecular weight is 739 g/mol. The van der Waals surface area contributed by atoms with Crippen molar-refractivity contribution in [1.82, 2.24) is 0 Å². The van der Waals surface area contributed by atoms with Crippen molar-refractivity contribution in [3.63, 3.8) is 0 Å². The zero-order valence-electron chi connectivity index (χ0n) is 12.3. The van der Waals surface area contributed by atoms with Crippen LogP contribution in [0.2, 0.25) is 0 Å². The number of halogens is 6. The second kappa shape index (κ2) is 11.1. The molecule has 1 N–H and O–H groups in total. The van der Waals surface area contributed by atoms with E-state index in [0.717, 1.165) is 5.33 Å². The second-order valence-electron chi connectivity index (χ2n) is 4.87. The molecule has 0 saturated heterocycles. The monoisotopic (exact) mass is 733 g/mol. The highest BCUT2D eigenvalue weighted by molar-refractivity contribution is 9.15. The lowest BCUT2D eigenvalue weighted by atomic mass is 10.1. The Hall–Kier alpha value is 1.000. The SMILES string of the molecule is O=C([O-])c1c(Br)c(Br)c(Br)c(Br)c1C(=O)OCC(O)CCC(Br)CBr. The molecule has 0 heterocycles. The fraction of sp³-hybridized carbons (Fsp3) is 0.429. The van der Waals surface area contributed by atoms with Crippen LogP contribution in [-0.2, 0) is 4.74 Å². The predicted octanol–water partition coefficient (Wildman–Crippen LogP) is 4.56. The van der Waals surface area contributed by atoms with Crippen LogP contribution in [0.15, 0.2) is 17.9 Å². The summed E-state index contributed by atoms with van der Waals surface area (Å²) in [7, 11) is 0. The van der Waals surface area contributed by atoms with Crippen LogP contribution in [0, 0.1) is 0 Å². The lowest BCUT2D eigenvalue weighted by Gasteiger charge is -2.18. The smallest absolute Gasteiger partial charge is 0.340 e. The third-order valence-electron chi connectivity index (χ3n) is 3.06. The van der Waals surface area contributed by atoms with Gasteiger partial charge in [-0.25, -0.2) is 4.79 Å². The van der Waals surface area contributed by atoms with Crippen LogP contribution in [0.4, 0.5) is 0 Å². The van der Waals surface area contributed by atoms with Crippen molar-refractivity contribution < 1.29 is 24.5 Å². The number of esters is 1. The quantitative estimate of drug-likeness (QED) is 0.183. The first-order valence-electron chi connectivity index (χ1n) is 6.74. The Bertz CT molecular complexity index is 666. The summed E-state index contributed by atoms with van der Waals surface area (Å²) in [5.41, 5.74) is -0.547. The fourth-order valence-corrected chi connectivity index (χ4v) is 4.82. The molecule has 0 bridgehead atoms. The van der Waals surface area contributed by atoms with Gasteiger partial charge in [-0.3, -0.25) is 0 Å². The third-order valence-corrected chi connectivity index (χ3v) is 10.3. The van der Waals surface area contributed by atoms with Crippen molar-refractivity contribution in [3.05, 3.63) is 29.0 Å². The molecule has 25 heavy (non-hydrogen) atoms. The van der Waals surface area contributed by atoms with Gasteiger partial charge in [-0.15, -0.1) is 0 Å². The summed E-state index contributed by atoms with van der Waals surface area (Å²) in [6, 6.07) is 0. The van der Waals surface area contributed by atoms with Crippen molar-refractivity contribution in [2.24, 2.45) is 0 Å². The lowest BCUT2D eigenvalue weighted by Crippen LogP contribution is -2.28. The number of carboxylic acids is 1. The molecule has 0 radical (unpaired) electrons. The number of hydrogen-bond donors (Lipinski definition) is 1. The minimum absolute atomic E-state index is 0.148. The summed E-state index contributed by atoms with van der Waals surface area (Å²) in [6.45, 7) is -0.245. The summed E-state index contributed by atoms with van der Waals surface area (Å²) >= 11 is 19.5. The normalized spacial score (nSPS) is 13.4. The molecule has 0 aliphatic rings. The molecule has 1 rings (SSSR count). The highest BCUT2D eigenvalue weighted by Gasteiger charge is 2.26. The number of alkyl halides is 2. The van der Waals surface area contributed by atoms with Gasteiger partial charge in [0.1, 0.15) is 6.61 Å². The number of aliphatic hydroxyl groups excluding tert-OH is 1. The first kappa shape index (κ1) is 24.0. The van der Waals surface area contributed by atoms with E-state index in [0.29, 0.717) is 21.8 Å². The Kier molecular flexibility index (Phi) is 10.7. The summed E-state index contributed by atoms with van der Waals surface area (Å²) in [4.78, 5) is 24.0. The molecule has 2 atom stereocenters. The van der Waals surface area contributed by atoms with Crippen LogP contribution in [0.3, 0.4) is 0 Å². The largest absolute Gasteiger partial charge is 0.545 e. The number of aromatic carboxylic acids is 1. The molecule has 0 aromatic heterocycles. The fourth-order valence-electron chi connectivity index (χ4n) is 1.79. The molecular weight excluding hydrogens is 728 g/mol. The molecule has 1 aromatic carbocycles. The van der Waals surface area contributed by atoms with E-state index < -0.39 is 18.0 Å². The molecular formula is C14H11Br6O5-. The topological polar surface area (TPSA) is 86.7 Å². The average Bonchev–Trinajstić information content (AvgIpc) is 2.57. The number of ether oxygens (including phenoxy) is 1. The number of aliphatic hydroxyl groups is 1. The molecule has 0 aliphatic heterocycles. The highest BCUT2D eigenvalue weighted by Crippen LogP contribution is 2.42. The van der Waals surface area contributed by atoms with E-state index in [9.17, 15) is 19.8 Å². The van der Waals surface area contributed by atoms with Crippen molar-refractivity contribution in [2.75, 3.05) is 11.9 Å². The van der Waals surface area contributed by atoms with Gasteiger partial charge in [0, 0.05) is 33.6 Å². The van der Waals surface area contributed by atoms with Crippen LogP contribution in [0.5, 0.6) is 0 Å². The minimum atomic E-state index is -1.53. The van der Waals surface area contributed by atoms with Gasteiger partial charge < -0.3 is 19.7 Å². The number of benzene rings is 1. The predicted molar refractivity (Wildman–Crippen MR) is 114 cm³/mol. The van der Waals surface area contributed by atoms with Gasteiger partial charge in [-0.1, -0.05) is 31.9 Å². The maximum atomic E-state index is 12.4. The number of rotatable bonds is 8. The maximum absolute atomic E-state index is 12.4. The van der Waals surface area contributed by atoms with E-state index in [4.69, 9.17) is 4.74 Å². The molecule has 0 fully saturated rings. The summed E-state index contributed by atoms with van der Waals surface area (Å²) in [5.74, 6) is -2.41. The van der Waals surface area contributed by atoms with E-state index in [1.165, 1.54) is 0 Å². The summed E-state index contributed by atoms with van der Waals surface area (Å²) < 4.78 is 6.29. The molecule has 0 spiro atoms. The van der Waals surface area contributed by atoms with Crippen molar-refractivity contribution in [2.45, 2.75) is 23.8 Å². The van der Waals surface area contributed by atoms with Crippen LogP contribution >= 0.6 is 95.6 Å².